The number of carbonyl (C=O) groups excluding carboxylic acids is 1. The van der Waals surface area contributed by atoms with Crippen LogP contribution in [0.25, 0.3) is 16.8 Å². The standard InChI is InChI=1S/C21H17N3O4S/c1-28-16-10-11-18(19(13-16)24(26)27)22-21(29)23-20(25)12-9-15-7-4-6-14-5-2-3-8-17(14)15/h2-13H,1H3,(H2,22,23,25,29). The van der Waals surface area contributed by atoms with Crippen LogP contribution in [0.15, 0.2) is 66.7 Å². The summed E-state index contributed by atoms with van der Waals surface area (Å²) in [5.74, 6) is -0.109. The SMILES string of the molecule is COc1ccc(NC(=S)NC(=O)C=Cc2cccc3ccccc23)c([N+](=O)[O-])c1. The van der Waals surface area contributed by atoms with Crippen molar-refractivity contribution in [2.75, 3.05) is 12.4 Å². The molecule has 2 N–H and O–H groups in total. The van der Waals surface area contributed by atoms with Crippen LogP contribution in [0.3, 0.4) is 0 Å². The molecule has 0 heterocycles. The highest BCUT2D eigenvalue weighted by atomic mass is 32.1. The Labute approximate surface area is 172 Å². The van der Waals surface area contributed by atoms with Crippen molar-refractivity contribution in [3.05, 3.63) is 82.4 Å². The molecule has 1 amide bonds. The second-order valence-electron chi connectivity index (χ2n) is 5.99. The number of benzene rings is 3. The first-order valence-electron chi connectivity index (χ1n) is 8.58. The Hall–Kier alpha value is -3.78. The predicted molar refractivity (Wildman–Crippen MR) is 117 cm³/mol. The third-order valence-corrected chi connectivity index (χ3v) is 4.33. The Morgan fingerprint density at radius 1 is 1.14 bits per heavy atom. The average Bonchev–Trinajstić information content (AvgIpc) is 2.72. The van der Waals surface area contributed by atoms with E-state index < -0.39 is 10.8 Å². The van der Waals surface area contributed by atoms with E-state index in [2.05, 4.69) is 10.6 Å². The highest BCUT2D eigenvalue weighted by Crippen LogP contribution is 2.28. The van der Waals surface area contributed by atoms with Crippen molar-refractivity contribution in [2.45, 2.75) is 0 Å². The van der Waals surface area contributed by atoms with Gasteiger partial charge in [0.2, 0.25) is 5.91 Å². The number of nitro groups is 1. The van der Waals surface area contributed by atoms with Crippen LogP contribution < -0.4 is 15.4 Å². The summed E-state index contributed by atoms with van der Waals surface area (Å²) in [6, 6.07) is 17.9. The van der Waals surface area contributed by atoms with Crippen LogP contribution in [-0.2, 0) is 4.79 Å². The zero-order valence-corrected chi connectivity index (χ0v) is 16.2. The number of thiocarbonyl (C=S) groups is 1. The Kier molecular flexibility index (Phi) is 6.16. The van der Waals surface area contributed by atoms with E-state index in [1.54, 1.807) is 12.1 Å². The predicted octanol–water partition coefficient (Wildman–Crippen LogP) is 4.28. The number of carbonyl (C=O) groups is 1. The van der Waals surface area contributed by atoms with Gasteiger partial charge in [-0.15, -0.1) is 0 Å². The van der Waals surface area contributed by atoms with E-state index in [4.69, 9.17) is 17.0 Å². The summed E-state index contributed by atoms with van der Waals surface area (Å²) in [6.45, 7) is 0. The Bertz CT molecular complexity index is 1120. The van der Waals surface area contributed by atoms with E-state index in [9.17, 15) is 14.9 Å². The van der Waals surface area contributed by atoms with Crippen LogP contribution >= 0.6 is 12.2 Å². The maximum Gasteiger partial charge on any atom is 0.296 e. The van der Waals surface area contributed by atoms with E-state index in [1.165, 1.54) is 25.3 Å². The van der Waals surface area contributed by atoms with Gasteiger partial charge in [0.25, 0.3) is 5.69 Å². The number of ether oxygens (including phenoxy) is 1. The summed E-state index contributed by atoms with van der Waals surface area (Å²) in [5.41, 5.74) is 0.828. The molecule has 0 bridgehead atoms. The molecule has 7 nitrogen and oxygen atoms in total. The summed E-state index contributed by atoms with van der Waals surface area (Å²) in [7, 11) is 1.42. The van der Waals surface area contributed by atoms with Crippen molar-refractivity contribution >= 4 is 51.5 Å². The number of hydrogen-bond acceptors (Lipinski definition) is 5. The molecule has 0 aliphatic carbocycles. The van der Waals surface area contributed by atoms with E-state index in [1.807, 2.05) is 42.5 Å². The fourth-order valence-electron chi connectivity index (χ4n) is 2.76. The molecule has 0 aliphatic heterocycles. The number of nitro benzene ring substituents is 1. The first kappa shape index (κ1) is 20.0. The van der Waals surface area contributed by atoms with Crippen LogP contribution in [0, 0.1) is 10.1 Å². The van der Waals surface area contributed by atoms with Crippen molar-refractivity contribution in [3.63, 3.8) is 0 Å². The quantitative estimate of drug-likeness (QED) is 0.284. The monoisotopic (exact) mass is 407 g/mol. The maximum absolute atomic E-state index is 12.2. The van der Waals surface area contributed by atoms with Gasteiger partial charge in [0.15, 0.2) is 5.11 Å². The number of nitrogens with zero attached hydrogens (tertiary/aromatic N) is 1. The van der Waals surface area contributed by atoms with Crippen molar-refractivity contribution in [2.24, 2.45) is 0 Å². The molecule has 0 radical (unpaired) electrons. The molecule has 0 spiro atoms. The van der Waals surface area contributed by atoms with Crippen LogP contribution in [-0.4, -0.2) is 23.1 Å². The third-order valence-electron chi connectivity index (χ3n) is 4.12. The lowest BCUT2D eigenvalue weighted by molar-refractivity contribution is -0.384. The van der Waals surface area contributed by atoms with Gasteiger partial charge in [0.05, 0.1) is 18.1 Å². The topological polar surface area (TPSA) is 93.5 Å². The van der Waals surface area contributed by atoms with Crippen LogP contribution in [0.1, 0.15) is 5.56 Å². The van der Waals surface area contributed by atoms with Gasteiger partial charge in [-0.3, -0.25) is 20.2 Å². The highest BCUT2D eigenvalue weighted by molar-refractivity contribution is 7.80. The second-order valence-corrected chi connectivity index (χ2v) is 6.39. The number of fused-ring (bicyclic) bond motifs is 1. The molecular formula is C21H17N3O4S. The van der Waals surface area contributed by atoms with Gasteiger partial charge in [-0.05, 0) is 46.8 Å². The maximum atomic E-state index is 12.2. The zero-order valence-electron chi connectivity index (χ0n) is 15.4. The third kappa shape index (κ3) is 4.94. The van der Waals surface area contributed by atoms with Crippen LogP contribution in [0.4, 0.5) is 11.4 Å². The van der Waals surface area contributed by atoms with E-state index in [0.717, 1.165) is 16.3 Å². The van der Waals surface area contributed by atoms with Gasteiger partial charge >= 0.3 is 0 Å². The van der Waals surface area contributed by atoms with Gasteiger partial charge in [0, 0.05) is 6.08 Å². The van der Waals surface area contributed by atoms with Crippen LogP contribution in [0.5, 0.6) is 5.75 Å². The Morgan fingerprint density at radius 2 is 1.90 bits per heavy atom. The summed E-state index contributed by atoms with van der Waals surface area (Å²) in [5, 5.41) is 18.4. The van der Waals surface area contributed by atoms with E-state index in [-0.39, 0.29) is 16.5 Å². The first-order valence-corrected chi connectivity index (χ1v) is 8.99. The number of amides is 1. The minimum Gasteiger partial charge on any atom is -0.496 e. The normalized spacial score (nSPS) is 10.7. The smallest absolute Gasteiger partial charge is 0.296 e. The number of nitrogens with one attached hydrogen (secondary N) is 2. The average molecular weight is 407 g/mol. The fourth-order valence-corrected chi connectivity index (χ4v) is 2.97. The fraction of sp³-hybridized carbons (Fsp3) is 0.0476. The highest BCUT2D eigenvalue weighted by Gasteiger charge is 2.16. The molecule has 3 aromatic carbocycles. The number of methoxy groups -OCH3 is 1. The summed E-state index contributed by atoms with van der Waals surface area (Å²) in [4.78, 5) is 22.9. The molecule has 0 aliphatic rings. The molecule has 0 aromatic heterocycles. The Balaban J connectivity index is 1.69. The zero-order chi connectivity index (χ0) is 20.8. The lowest BCUT2D eigenvalue weighted by Crippen LogP contribution is -2.33. The summed E-state index contributed by atoms with van der Waals surface area (Å²) in [6.07, 6.45) is 3.05. The van der Waals surface area contributed by atoms with Gasteiger partial charge in [-0.25, -0.2) is 0 Å². The minimum atomic E-state index is -0.560. The first-order chi connectivity index (χ1) is 14.0. The van der Waals surface area contributed by atoms with Crippen LogP contribution in [0.2, 0.25) is 0 Å². The largest absolute Gasteiger partial charge is 0.496 e. The van der Waals surface area contributed by atoms with Crippen molar-refractivity contribution < 1.29 is 14.5 Å². The van der Waals surface area contributed by atoms with Crippen molar-refractivity contribution in [3.8, 4) is 5.75 Å². The van der Waals surface area contributed by atoms with E-state index in [0.29, 0.717) is 5.75 Å². The molecule has 0 saturated carbocycles. The Morgan fingerprint density at radius 3 is 2.66 bits per heavy atom. The van der Waals surface area contributed by atoms with Gasteiger partial charge in [-0.1, -0.05) is 42.5 Å². The number of hydrogen-bond donors (Lipinski definition) is 2. The lowest BCUT2D eigenvalue weighted by atomic mass is 10.0. The minimum absolute atomic E-state index is 0.0502. The molecule has 3 rings (SSSR count). The van der Waals surface area contributed by atoms with Gasteiger partial charge < -0.3 is 10.1 Å². The molecular weight excluding hydrogens is 390 g/mol. The van der Waals surface area contributed by atoms with Gasteiger partial charge in [-0.2, -0.15) is 0 Å². The molecule has 0 saturated heterocycles. The lowest BCUT2D eigenvalue weighted by Gasteiger charge is -2.09. The molecule has 8 heteroatoms. The number of rotatable bonds is 5. The molecule has 146 valence electrons. The molecule has 0 fully saturated rings. The van der Waals surface area contributed by atoms with Gasteiger partial charge in [0.1, 0.15) is 11.4 Å². The van der Waals surface area contributed by atoms with Crippen molar-refractivity contribution in [1.82, 2.24) is 5.32 Å². The molecule has 0 atom stereocenters. The van der Waals surface area contributed by atoms with Crippen molar-refractivity contribution in [1.29, 1.82) is 0 Å². The molecule has 0 unspecified atom stereocenters. The second kappa shape index (κ2) is 8.94. The molecule has 29 heavy (non-hydrogen) atoms. The molecule has 3 aromatic rings. The summed E-state index contributed by atoms with van der Waals surface area (Å²) < 4.78 is 4.99. The van der Waals surface area contributed by atoms with E-state index >= 15 is 0 Å². The summed E-state index contributed by atoms with van der Waals surface area (Å²) >= 11 is 5.10. The number of anilines is 1.